The lowest BCUT2D eigenvalue weighted by Gasteiger charge is -2.21. The molecule has 0 fully saturated rings. The van der Waals surface area contributed by atoms with Crippen molar-refractivity contribution in [1.82, 2.24) is 9.38 Å². The number of hydrogen-bond acceptors (Lipinski definition) is 1. The fourth-order valence-electron chi connectivity index (χ4n) is 2.61. The lowest BCUT2D eigenvalue weighted by atomic mass is 9.86. The molecule has 2 rings (SSSR count). The van der Waals surface area contributed by atoms with Gasteiger partial charge in [0.15, 0.2) is 0 Å². The number of rotatable bonds is 3. The van der Waals surface area contributed by atoms with Crippen LogP contribution in [0.15, 0.2) is 24.4 Å². The average Bonchev–Trinajstić information content (AvgIpc) is 2.68. The van der Waals surface area contributed by atoms with E-state index in [1.54, 1.807) is 0 Å². The first-order valence-electron chi connectivity index (χ1n) is 6.92. The van der Waals surface area contributed by atoms with Crippen LogP contribution < -0.4 is 0 Å². The highest BCUT2D eigenvalue weighted by Gasteiger charge is 2.26. The predicted molar refractivity (Wildman–Crippen MR) is 77.2 cm³/mol. The molecule has 0 saturated heterocycles. The van der Waals surface area contributed by atoms with Crippen LogP contribution in [0.2, 0.25) is 0 Å². The van der Waals surface area contributed by atoms with E-state index in [2.05, 4.69) is 63.4 Å². The Kier molecular flexibility index (Phi) is 3.47. The summed E-state index contributed by atoms with van der Waals surface area (Å²) < 4.78 is 2.26. The number of hydrogen-bond donors (Lipinski definition) is 0. The Labute approximate surface area is 110 Å². The summed E-state index contributed by atoms with van der Waals surface area (Å²) in [6, 6.07) is 6.24. The summed E-state index contributed by atoms with van der Waals surface area (Å²) in [6.45, 7) is 11.3. The molecule has 0 N–H and O–H groups in total. The Balaban J connectivity index is 2.65. The molecule has 98 valence electrons. The lowest BCUT2D eigenvalue weighted by Crippen LogP contribution is -2.16. The number of imidazole rings is 1. The third kappa shape index (κ3) is 2.29. The molecular formula is C16H24N2. The van der Waals surface area contributed by atoms with E-state index in [0.29, 0.717) is 5.92 Å². The van der Waals surface area contributed by atoms with Gasteiger partial charge in [-0.25, -0.2) is 4.98 Å². The summed E-state index contributed by atoms with van der Waals surface area (Å²) in [5, 5.41) is 0. The fraction of sp³-hybridized carbons (Fsp3) is 0.562. The van der Waals surface area contributed by atoms with Crippen LogP contribution in [0.5, 0.6) is 0 Å². The first-order valence-corrected chi connectivity index (χ1v) is 6.92. The van der Waals surface area contributed by atoms with E-state index in [-0.39, 0.29) is 5.41 Å². The van der Waals surface area contributed by atoms with Crippen LogP contribution >= 0.6 is 0 Å². The molecule has 0 aliphatic heterocycles. The molecular weight excluding hydrogens is 220 g/mol. The molecule has 0 aromatic carbocycles. The van der Waals surface area contributed by atoms with Crippen molar-refractivity contribution in [1.29, 1.82) is 0 Å². The summed E-state index contributed by atoms with van der Waals surface area (Å²) in [7, 11) is 0. The van der Waals surface area contributed by atoms with Crippen molar-refractivity contribution in [3.63, 3.8) is 0 Å². The molecule has 2 heteroatoms. The van der Waals surface area contributed by atoms with Crippen LogP contribution in [0, 0.1) is 0 Å². The molecule has 1 unspecified atom stereocenters. The van der Waals surface area contributed by atoms with Gasteiger partial charge in [-0.05, 0) is 24.5 Å². The average molecular weight is 244 g/mol. The van der Waals surface area contributed by atoms with Crippen LogP contribution in [-0.4, -0.2) is 9.38 Å². The van der Waals surface area contributed by atoms with Crippen LogP contribution in [0.1, 0.15) is 64.8 Å². The number of nitrogens with zero attached hydrogens (tertiary/aromatic N) is 2. The monoisotopic (exact) mass is 244 g/mol. The quantitative estimate of drug-likeness (QED) is 0.775. The van der Waals surface area contributed by atoms with Gasteiger partial charge in [0.1, 0.15) is 5.65 Å². The zero-order valence-corrected chi connectivity index (χ0v) is 12.2. The lowest BCUT2D eigenvalue weighted by molar-refractivity contribution is 0.543. The number of pyridine rings is 1. The third-order valence-electron chi connectivity index (χ3n) is 3.47. The second-order valence-corrected chi connectivity index (χ2v) is 6.21. The highest BCUT2D eigenvalue weighted by Crippen LogP contribution is 2.32. The van der Waals surface area contributed by atoms with Gasteiger partial charge in [-0.1, -0.05) is 47.1 Å². The Hall–Kier alpha value is -1.31. The maximum Gasteiger partial charge on any atom is 0.137 e. The van der Waals surface area contributed by atoms with Crippen molar-refractivity contribution in [3.05, 3.63) is 35.8 Å². The van der Waals surface area contributed by atoms with Gasteiger partial charge in [0, 0.05) is 17.3 Å². The van der Waals surface area contributed by atoms with E-state index in [9.17, 15) is 0 Å². The van der Waals surface area contributed by atoms with Crippen LogP contribution in [0.3, 0.4) is 0 Å². The molecule has 2 heterocycles. The Bertz CT molecular complexity index is 532. The minimum Gasteiger partial charge on any atom is -0.304 e. The SMILES string of the molecule is CCCC(C)c1c(C(C)(C)C)nc2ccccn12. The minimum absolute atomic E-state index is 0.101. The minimum atomic E-state index is 0.101. The molecule has 0 aliphatic carbocycles. The Morgan fingerprint density at radius 2 is 2.00 bits per heavy atom. The largest absolute Gasteiger partial charge is 0.304 e. The summed E-state index contributed by atoms with van der Waals surface area (Å²) in [6.07, 6.45) is 4.57. The van der Waals surface area contributed by atoms with Gasteiger partial charge < -0.3 is 4.40 Å². The smallest absolute Gasteiger partial charge is 0.137 e. The Morgan fingerprint density at radius 3 is 2.61 bits per heavy atom. The number of fused-ring (bicyclic) bond motifs is 1. The first-order chi connectivity index (χ1) is 8.45. The molecule has 0 bridgehead atoms. The van der Waals surface area contributed by atoms with Crippen LogP contribution in [-0.2, 0) is 5.41 Å². The van der Waals surface area contributed by atoms with E-state index in [4.69, 9.17) is 4.98 Å². The van der Waals surface area contributed by atoms with Crippen molar-refractivity contribution in [2.75, 3.05) is 0 Å². The zero-order chi connectivity index (χ0) is 13.3. The summed E-state index contributed by atoms with van der Waals surface area (Å²) in [4.78, 5) is 4.85. The molecule has 2 nitrogen and oxygen atoms in total. The molecule has 2 aromatic heterocycles. The van der Waals surface area contributed by atoms with Gasteiger partial charge in [0.2, 0.25) is 0 Å². The molecule has 18 heavy (non-hydrogen) atoms. The summed E-state index contributed by atoms with van der Waals surface area (Å²) in [5.41, 5.74) is 3.80. The van der Waals surface area contributed by atoms with Gasteiger partial charge in [-0.2, -0.15) is 0 Å². The van der Waals surface area contributed by atoms with E-state index in [1.165, 1.54) is 24.2 Å². The maximum absolute atomic E-state index is 4.85. The van der Waals surface area contributed by atoms with E-state index < -0.39 is 0 Å². The highest BCUT2D eigenvalue weighted by molar-refractivity contribution is 5.45. The standard InChI is InChI=1S/C16H24N2/c1-6-9-12(2)14-15(16(3,4)5)17-13-10-7-8-11-18(13)14/h7-8,10-12H,6,9H2,1-5H3. The molecule has 0 spiro atoms. The molecule has 2 aromatic rings. The van der Waals surface area contributed by atoms with E-state index in [0.717, 1.165) is 5.65 Å². The maximum atomic E-state index is 4.85. The van der Waals surface area contributed by atoms with Gasteiger partial charge in [-0.3, -0.25) is 0 Å². The van der Waals surface area contributed by atoms with Crippen LogP contribution in [0.25, 0.3) is 5.65 Å². The molecule has 0 saturated carbocycles. The molecule has 1 atom stereocenters. The van der Waals surface area contributed by atoms with Crippen molar-refractivity contribution >= 4 is 5.65 Å². The van der Waals surface area contributed by atoms with Gasteiger partial charge >= 0.3 is 0 Å². The van der Waals surface area contributed by atoms with Crippen molar-refractivity contribution in [3.8, 4) is 0 Å². The second-order valence-electron chi connectivity index (χ2n) is 6.21. The first kappa shape index (κ1) is 13.1. The fourth-order valence-corrected chi connectivity index (χ4v) is 2.61. The summed E-state index contributed by atoms with van der Waals surface area (Å²) >= 11 is 0. The third-order valence-corrected chi connectivity index (χ3v) is 3.47. The van der Waals surface area contributed by atoms with Gasteiger partial charge in [-0.15, -0.1) is 0 Å². The molecule has 0 radical (unpaired) electrons. The van der Waals surface area contributed by atoms with E-state index >= 15 is 0 Å². The number of aromatic nitrogens is 2. The summed E-state index contributed by atoms with van der Waals surface area (Å²) in [5.74, 6) is 0.557. The van der Waals surface area contributed by atoms with Crippen molar-refractivity contribution < 1.29 is 0 Å². The van der Waals surface area contributed by atoms with E-state index in [1.807, 2.05) is 0 Å². The van der Waals surface area contributed by atoms with Crippen molar-refractivity contribution in [2.45, 2.75) is 58.8 Å². The highest BCUT2D eigenvalue weighted by atomic mass is 15.0. The molecule has 0 aliphatic rings. The normalized spacial score (nSPS) is 14.1. The van der Waals surface area contributed by atoms with Gasteiger partial charge in [0.25, 0.3) is 0 Å². The second kappa shape index (κ2) is 4.75. The molecule has 0 amide bonds. The van der Waals surface area contributed by atoms with Gasteiger partial charge in [0.05, 0.1) is 5.69 Å². The van der Waals surface area contributed by atoms with Crippen molar-refractivity contribution in [2.24, 2.45) is 0 Å². The Morgan fingerprint density at radius 1 is 1.28 bits per heavy atom. The predicted octanol–water partition coefficient (Wildman–Crippen LogP) is 4.54. The van der Waals surface area contributed by atoms with Crippen LogP contribution in [0.4, 0.5) is 0 Å². The topological polar surface area (TPSA) is 17.3 Å². The zero-order valence-electron chi connectivity index (χ0n) is 12.2.